The Morgan fingerprint density at radius 2 is 2.00 bits per heavy atom. The summed E-state index contributed by atoms with van der Waals surface area (Å²) in [5.41, 5.74) is 0.935. The molecular weight excluding hydrogens is 252 g/mol. The molecule has 1 atom stereocenters. The maximum absolute atomic E-state index is 9.65. The Morgan fingerprint density at radius 1 is 1.30 bits per heavy atom. The van der Waals surface area contributed by atoms with Crippen LogP contribution >= 0.6 is 0 Å². The van der Waals surface area contributed by atoms with Gasteiger partial charge >= 0.3 is 0 Å². The second-order valence-corrected chi connectivity index (χ2v) is 5.76. The summed E-state index contributed by atoms with van der Waals surface area (Å²) in [5.74, 6) is 0.982. The zero-order valence-corrected chi connectivity index (χ0v) is 12.8. The molecule has 0 bridgehead atoms. The van der Waals surface area contributed by atoms with Gasteiger partial charge in [0.2, 0.25) is 0 Å². The van der Waals surface area contributed by atoms with Gasteiger partial charge in [-0.25, -0.2) is 4.98 Å². The minimum Gasteiger partial charge on any atom is -0.389 e. The highest BCUT2D eigenvalue weighted by molar-refractivity contribution is 5.42. The highest BCUT2D eigenvalue weighted by atomic mass is 16.3. The van der Waals surface area contributed by atoms with E-state index in [9.17, 15) is 5.11 Å². The third-order valence-corrected chi connectivity index (χ3v) is 3.81. The highest BCUT2D eigenvalue weighted by Crippen LogP contribution is 2.19. The molecule has 0 amide bonds. The third kappa shape index (κ3) is 4.16. The van der Waals surface area contributed by atoms with Crippen LogP contribution < -0.4 is 4.90 Å². The van der Waals surface area contributed by atoms with Crippen LogP contribution in [0.4, 0.5) is 5.82 Å². The quantitative estimate of drug-likeness (QED) is 0.864. The van der Waals surface area contributed by atoms with Crippen molar-refractivity contribution in [2.24, 2.45) is 0 Å². The number of aromatic nitrogens is 1. The Hall–Kier alpha value is -1.17. The first-order valence-corrected chi connectivity index (χ1v) is 7.32. The maximum atomic E-state index is 9.65. The Balaban J connectivity index is 1.88. The maximum Gasteiger partial charge on any atom is 0.128 e. The molecule has 0 radical (unpaired) electrons. The van der Waals surface area contributed by atoms with Crippen LogP contribution in [0.1, 0.15) is 18.6 Å². The predicted molar refractivity (Wildman–Crippen MR) is 82.1 cm³/mol. The van der Waals surface area contributed by atoms with E-state index in [0.29, 0.717) is 0 Å². The van der Waals surface area contributed by atoms with Crippen molar-refractivity contribution in [1.82, 2.24) is 14.8 Å². The number of aliphatic hydroxyl groups is 1. The van der Waals surface area contributed by atoms with Gasteiger partial charge in [0.05, 0.1) is 6.10 Å². The van der Waals surface area contributed by atoms with Gasteiger partial charge in [-0.15, -0.1) is 0 Å². The fourth-order valence-electron chi connectivity index (χ4n) is 2.41. The van der Waals surface area contributed by atoms with Crippen LogP contribution in [0, 0.1) is 0 Å². The minimum absolute atomic E-state index is 0.432. The fourth-order valence-corrected chi connectivity index (χ4v) is 2.41. The largest absolute Gasteiger partial charge is 0.389 e. The molecule has 2 heterocycles. The lowest BCUT2D eigenvalue weighted by Crippen LogP contribution is -2.48. The normalized spacial score (nSPS) is 18.6. The SMILES string of the molecule is C[C@@H](O)c1ccnc(N2CCN(CCN(C)C)CC2)c1. The van der Waals surface area contributed by atoms with Crippen LogP contribution in [0.3, 0.4) is 0 Å². The molecule has 1 fully saturated rings. The summed E-state index contributed by atoms with van der Waals surface area (Å²) in [6.07, 6.45) is 1.36. The van der Waals surface area contributed by atoms with E-state index in [0.717, 1.165) is 50.6 Å². The molecule has 5 heteroatoms. The van der Waals surface area contributed by atoms with Crippen molar-refractivity contribution < 1.29 is 5.11 Å². The molecule has 1 aliphatic heterocycles. The van der Waals surface area contributed by atoms with Crippen LogP contribution in [-0.2, 0) is 0 Å². The van der Waals surface area contributed by atoms with Gasteiger partial charge in [0.1, 0.15) is 5.82 Å². The summed E-state index contributed by atoms with van der Waals surface area (Å²) in [7, 11) is 4.23. The lowest BCUT2D eigenvalue weighted by molar-refractivity contribution is 0.199. The molecule has 20 heavy (non-hydrogen) atoms. The molecule has 0 saturated carbocycles. The number of anilines is 1. The molecule has 112 valence electrons. The number of rotatable bonds is 5. The van der Waals surface area contributed by atoms with Crippen molar-refractivity contribution in [2.45, 2.75) is 13.0 Å². The number of pyridine rings is 1. The first-order chi connectivity index (χ1) is 9.56. The Bertz CT molecular complexity index is 414. The van der Waals surface area contributed by atoms with Crippen molar-refractivity contribution in [1.29, 1.82) is 0 Å². The Morgan fingerprint density at radius 3 is 2.60 bits per heavy atom. The van der Waals surface area contributed by atoms with Gasteiger partial charge in [-0.3, -0.25) is 4.90 Å². The first-order valence-electron chi connectivity index (χ1n) is 7.32. The van der Waals surface area contributed by atoms with E-state index < -0.39 is 6.10 Å². The molecule has 5 nitrogen and oxygen atoms in total. The second-order valence-electron chi connectivity index (χ2n) is 5.76. The first kappa shape index (κ1) is 15.2. The number of hydrogen-bond acceptors (Lipinski definition) is 5. The minimum atomic E-state index is -0.432. The van der Waals surface area contributed by atoms with Crippen molar-refractivity contribution in [3.8, 4) is 0 Å². The number of hydrogen-bond donors (Lipinski definition) is 1. The van der Waals surface area contributed by atoms with Crippen molar-refractivity contribution in [3.63, 3.8) is 0 Å². The van der Waals surface area contributed by atoms with Gasteiger partial charge in [-0.05, 0) is 38.7 Å². The topological polar surface area (TPSA) is 42.8 Å². The standard InChI is InChI=1S/C15H26N4O/c1-13(20)14-4-5-16-15(12-14)19-10-8-18(9-11-19)7-6-17(2)3/h4-5,12-13,20H,6-11H2,1-3H3/t13-/m1/s1. The van der Waals surface area contributed by atoms with E-state index in [4.69, 9.17) is 0 Å². The van der Waals surface area contributed by atoms with Crippen LogP contribution in [0.2, 0.25) is 0 Å². The lowest BCUT2D eigenvalue weighted by Gasteiger charge is -2.36. The Labute approximate surface area is 121 Å². The molecule has 1 aromatic heterocycles. The summed E-state index contributed by atoms with van der Waals surface area (Å²) in [6.45, 7) is 8.19. The van der Waals surface area contributed by atoms with Crippen LogP contribution in [0.25, 0.3) is 0 Å². The van der Waals surface area contributed by atoms with Gasteiger partial charge in [-0.1, -0.05) is 0 Å². The smallest absolute Gasteiger partial charge is 0.128 e. The zero-order chi connectivity index (χ0) is 14.5. The van der Waals surface area contributed by atoms with Gasteiger partial charge in [-0.2, -0.15) is 0 Å². The van der Waals surface area contributed by atoms with E-state index >= 15 is 0 Å². The summed E-state index contributed by atoms with van der Waals surface area (Å²) in [4.78, 5) is 11.5. The molecule has 1 aliphatic rings. The molecule has 2 rings (SSSR count). The number of aliphatic hydroxyl groups excluding tert-OH is 1. The molecule has 0 unspecified atom stereocenters. The van der Waals surface area contributed by atoms with E-state index in [1.165, 1.54) is 0 Å². The van der Waals surface area contributed by atoms with E-state index in [1.54, 1.807) is 13.1 Å². The van der Waals surface area contributed by atoms with Gasteiger partial charge in [0.15, 0.2) is 0 Å². The van der Waals surface area contributed by atoms with E-state index in [2.05, 4.69) is 33.8 Å². The number of nitrogens with zero attached hydrogens (tertiary/aromatic N) is 4. The molecule has 0 spiro atoms. The van der Waals surface area contributed by atoms with Gasteiger partial charge in [0, 0.05) is 45.5 Å². The summed E-state index contributed by atoms with van der Waals surface area (Å²) in [5, 5.41) is 9.65. The predicted octanol–water partition coefficient (Wildman–Crippen LogP) is 0.818. The molecule has 1 saturated heterocycles. The number of piperazine rings is 1. The number of likely N-dealkylation sites (N-methyl/N-ethyl adjacent to an activating group) is 1. The second kappa shape index (κ2) is 7.02. The fraction of sp³-hybridized carbons (Fsp3) is 0.667. The van der Waals surface area contributed by atoms with E-state index in [1.807, 2.05) is 12.1 Å². The van der Waals surface area contributed by atoms with Crippen molar-refractivity contribution in [3.05, 3.63) is 23.9 Å². The monoisotopic (exact) mass is 278 g/mol. The molecular formula is C15H26N4O. The summed E-state index contributed by atoms with van der Waals surface area (Å²) < 4.78 is 0. The molecule has 1 aromatic rings. The molecule has 0 aromatic carbocycles. The zero-order valence-electron chi connectivity index (χ0n) is 12.8. The van der Waals surface area contributed by atoms with Crippen molar-refractivity contribution in [2.75, 3.05) is 58.3 Å². The van der Waals surface area contributed by atoms with Crippen molar-refractivity contribution >= 4 is 5.82 Å². The van der Waals surface area contributed by atoms with Crippen LogP contribution in [-0.4, -0.2) is 73.3 Å². The molecule has 1 N–H and O–H groups in total. The lowest BCUT2D eigenvalue weighted by atomic mass is 10.1. The van der Waals surface area contributed by atoms with Crippen LogP contribution in [0.15, 0.2) is 18.3 Å². The molecule has 0 aliphatic carbocycles. The van der Waals surface area contributed by atoms with Crippen LogP contribution in [0.5, 0.6) is 0 Å². The third-order valence-electron chi connectivity index (χ3n) is 3.81. The Kier molecular flexibility index (Phi) is 5.34. The van der Waals surface area contributed by atoms with Gasteiger partial charge < -0.3 is 14.9 Å². The summed E-state index contributed by atoms with van der Waals surface area (Å²) >= 11 is 0. The van der Waals surface area contributed by atoms with E-state index in [-0.39, 0.29) is 0 Å². The average Bonchev–Trinajstić information content (AvgIpc) is 2.46. The van der Waals surface area contributed by atoms with Gasteiger partial charge in [0.25, 0.3) is 0 Å². The summed E-state index contributed by atoms with van der Waals surface area (Å²) in [6, 6.07) is 3.88. The average molecular weight is 278 g/mol. The highest BCUT2D eigenvalue weighted by Gasteiger charge is 2.18.